The standard InChI is InChI=1S/C20H32N4O/c1-15(2)12-24(17-7-10-22(4)11-8-17)18-13-23(14-18)20(25)19-6-5-9-21-16(19)3/h5-6,9,15,17-18H,7-8,10-14H2,1-4H3. The Balaban J connectivity index is 1.61. The number of carbonyl (C=O) groups excluding carboxylic acids is 1. The van der Waals surface area contributed by atoms with E-state index in [0.717, 1.165) is 30.9 Å². The van der Waals surface area contributed by atoms with E-state index in [1.165, 1.54) is 25.9 Å². The first kappa shape index (κ1) is 18.3. The van der Waals surface area contributed by atoms with Gasteiger partial charge in [-0.2, -0.15) is 0 Å². The largest absolute Gasteiger partial charge is 0.335 e. The number of carbonyl (C=O) groups is 1. The van der Waals surface area contributed by atoms with Crippen LogP contribution in [0.2, 0.25) is 0 Å². The molecule has 3 rings (SSSR count). The van der Waals surface area contributed by atoms with Gasteiger partial charge in [-0.15, -0.1) is 0 Å². The zero-order valence-electron chi connectivity index (χ0n) is 16.1. The highest BCUT2D eigenvalue weighted by Crippen LogP contribution is 2.26. The summed E-state index contributed by atoms with van der Waals surface area (Å²) in [5.41, 5.74) is 1.57. The van der Waals surface area contributed by atoms with Crippen LogP contribution in [0.15, 0.2) is 18.3 Å². The lowest BCUT2D eigenvalue weighted by atomic mass is 9.96. The van der Waals surface area contributed by atoms with Gasteiger partial charge < -0.3 is 9.80 Å². The van der Waals surface area contributed by atoms with Crippen LogP contribution in [-0.2, 0) is 0 Å². The lowest BCUT2D eigenvalue weighted by Gasteiger charge is -2.50. The maximum absolute atomic E-state index is 12.7. The average Bonchev–Trinajstić information content (AvgIpc) is 2.53. The molecule has 5 nitrogen and oxygen atoms in total. The molecule has 0 spiro atoms. The summed E-state index contributed by atoms with van der Waals surface area (Å²) >= 11 is 0. The van der Waals surface area contributed by atoms with Crippen LogP contribution in [0, 0.1) is 12.8 Å². The Hall–Kier alpha value is -1.46. The van der Waals surface area contributed by atoms with Crippen LogP contribution in [0.25, 0.3) is 0 Å². The van der Waals surface area contributed by atoms with Crippen molar-refractivity contribution < 1.29 is 4.79 Å². The normalized spacial score (nSPS) is 20.3. The fourth-order valence-electron chi connectivity index (χ4n) is 4.06. The Bertz CT molecular complexity index is 589. The van der Waals surface area contributed by atoms with Crippen molar-refractivity contribution in [2.75, 3.05) is 39.8 Å². The highest BCUT2D eigenvalue weighted by Gasteiger charge is 2.39. The first-order chi connectivity index (χ1) is 12.0. The first-order valence-electron chi connectivity index (χ1n) is 9.61. The van der Waals surface area contributed by atoms with Gasteiger partial charge in [-0.1, -0.05) is 13.8 Å². The quantitative estimate of drug-likeness (QED) is 0.821. The number of nitrogens with zero attached hydrogens (tertiary/aromatic N) is 4. The van der Waals surface area contributed by atoms with E-state index < -0.39 is 0 Å². The van der Waals surface area contributed by atoms with Gasteiger partial charge in [-0.25, -0.2) is 0 Å². The van der Waals surface area contributed by atoms with Gasteiger partial charge in [0.1, 0.15) is 0 Å². The Kier molecular flexibility index (Phi) is 5.74. The Morgan fingerprint density at radius 1 is 1.28 bits per heavy atom. The molecule has 1 aromatic rings. The monoisotopic (exact) mass is 344 g/mol. The molecule has 0 N–H and O–H groups in total. The topological polar surface area (TPSA) is 39.7 Å². The van der Waals surface area contributed by atoms with Gasteiger partial charge in [-0.3, -0.25) is 14.7 Å². The van der Waals surface area contributed by atoms with Crippen LogP contribution in [0.3, 0.4) is 0 Å². The minimum absolute atomic E-state index is 0.134. The summed E-state index contributed by atoms with van der Waals surface area (Å²) in [4.78, 5) is 24.1. The third-order valence-corrected chi connectivity index (χ3v) is 5.59. The average molecular weight is 345 g/mol. The van der Waals surface area contributed by atoms with Gasteiger partial charge >= 0.3 is 0 Å². The zero-order chi connectivity index (χ0) is 18.0. The van der Waals surface area contributed by atoms with Crippen LogP contribution in [0.1, 0.15) is 42.7 Å². The second-order valence-electron chi connectivity index (χ2n) is 8.13. The van der Waals surface area contributed by atoms with Crippen molar-refractivity contribution in [2.45, 2.75) is 45.7 Å². The second kappa shape index (κ2) is 7.83. The lowest BCUT2D eigenvalue weighted by molar-refractivity contribution is -0.00805. The molecule has 0 bridgehead atoms. The predicted octanol–water partition coefficient (Wildman–Crippen LogP) is 2.27. The van der Waals surface area contributed by atoms with Crippen molar-refractivity contribution >= 4 is 5.91 Å². The molecular formula is C20H32N4O. The molecule has 2 aliphatic rings. The first-order valence-corrected chi connectivity index (χ1v) is 9.61. The molecule has 2 saturated heterocycles. The number of hydrogen-bond acceptors (Lipinski definition) is 4. The number of hydrogen-bond donors (Lipinski definition) is 0. The molecule has 2 aliphatic heterocycles. The van der Waals surface area contributed by atoms with E-state index in [1.807, 2.05) is 24.0 Å². The van der Waals surface area contributed by atoms with Gasteiger partial charge in [0.25, 0.3) is 5.91 Å². The van der Waals surface area contributed by atoms with E-state index in [0.29, 0.717) is 18.0 Å². The number of aryl methyl sites for hydroxylation is 1. The molecule has 3 heterocycles. The molecule has 1 aromatic heterocycles. The molecule has 2 fully saturated rings. The maximum Gasteiger partial charge on any atom is 0.255 e. The number of aromatic nitrogens is 1. The van der Waals surface area contributed by atoms with E-state index >= 15 is 0 Å². The Morgan fingerprint density at radius 3 is 2.56 bits per heavy atom. The summed E-state index contributed by atoms with van der Waals surface area (Å²) in [6.07, 6.45) is 4.24. The van der Waals surface area contributed by atoms with Crippen molar-refractivity contribution in [3.63, 3.8) is 0 Å². The molecule has 138 valence electrons. The number of amides is 1. The fraction of sp³-hybridized carbons (Fsp3) is 0.700. The zero-order valence-corrected chi connectivity index (χ0v) is 16.1. The second-order valence-corrected chi connectivity index (χ2v) is 8.13. The predicted molar refractivity (Wildman–Crippen MR) is 101 cm³/mol. The Morgan fingerprint density at radius 2 is 1.96 bits per heavy atom. The molecular weight excluding hydrogens is 312 g/mol. The van der Waals surface area contributed by atoms with E-state index in [-0.39, 0.29) is 5.91 Å². The van der Waals surface area contributed by atoms with Crippen LogP contribution in [0.5, 0.6) is 0 Å². The summed E-state index contributed by atoms with van der Waals surface area (Å²) in [5.74, 6) is 0.791. The number of pyridine rings is 1. The van der Waals surface area contributed by atoms with Crippen molar-refractivity contribution in [1.29, 1.82) is 0 Å². The molecule has 1 amide bonds. The van der Waals surface area contributed by atoms with E-state index in [4.69, 9.17) is 0 Å². The molecule has 0 aliphatic carbocycles. The summed E-state index contributed by atoms with van der Waals surface area (Å²) in [6, 6.07) is 4.92. The van der Waals surface area contributed by atoms with E-state index in [2.05, 4.69) is 35.7 Å². The summed E-state index contributed by atoms with van der Waals surface area (Å²) in [7, 11) is 2.21. The molecule has 0 radical (unpaired) electrons. The molecule has 5 heteroatoms. The maximum atomic E-state index is 12.7. The van der Waals surface area contributed by atoms with Gasteiger partial charge in [0.05, 0.1) is 5.56 Å². The van der Waals surface area contributed by atoms with Crippen molar-refractivity contribution in [3.8, 4) is 0 Å². The van der Waals surface area contributed by atoms with E-state index in [9.17, 15) is 4.79 Å². The van der Waals surface area contributed by atoms with Gasteiger partial charge in [-0.05, 0) is 58.0 Å². The SMILES string of the molecule is Cc1ncccc1C(=O)N1CC(N(CC(C)C)C2CCN(C)CC2)C1. The third kappa shape index (κ3) is 4.21. The molecule has 0 saturated carbocycles. The van der Waals surface area contributed by atoms with Crippen molar-refractivity contribution in [2.24, 2.45) is 5.92 Å². The minimum Gasteiger partial charge on any atom is -0.335 e. The summed E-state index contributed by atoms with van der Waals surface area (Å²) < 4.78 is 0. The summed E-state index contributed by atoms with van der Waals surface area (Å²) in [6.45, 7) is 11.7. The molecule has 0 unspecified atom stereocenters. The third-order valence-electron chi connectivity index (χ3n) is 5.59. The fourth-order valence-corrected chi connectivity index (χ4v) is 4.06. The van der Waals surface area contributed by atoms with Crippen LogP contribution >= 0.6 is 0 Å². The van der Waals surface area contributed by atoms with Gasteiger partial charge in [0, 0.05) is 43.6 Å². The summed E-state index contributed by atoms with van der Waals surface area (Å²) in [5, 5.41) is 0. The smallest absolute Gasteiger partial charge is 0.255 e. The van der Waals surface area contributed by atoms with Crippen LogP contribution < -0.4 is 0 Å². The molecule has 0 atom stereocenters. The van der Waals surface area contributed by atoms with Crippen LogP contribution in [0.4, 0.5) is 0 Å². The van der Waals surface area contributed by atoms with Gasteiger partial charge in [0.15, 0.2) is 0 Å². The number of piperidine rings is 1. The Labute approximate surface area is 152 Å². The highest BCUT2D eigenvalue weighted by molar-refractivity contribution is 5.95. The van der Waals surface area contributed by atoms with Crippen molar-refractivity contribution in [3.05, 3.63) is 29.6 Å². The van der Waals surface area contributed by atoms with Gasteiger partial charge in [0.2, 0.25) is 0 Å². The lowest BCUT2D eigenvalue weighted by Crippen LogP contribution is -2.64. The van der Waals surface area contributed by atoms with E-state index in [1.54, 1.807) is 6.20 Å². The molecule has 25 heavy (non-hydrogen) atoms. The minimum atomic E-state index is 0.134. The van der Waals surface area contributed by atoms with Crippen molar-refractivity contribution in [1.82, 2.24) is 19.7 Å². The number of rotatable bonds is 5. The molecule has 0 aromatic carbocycles. The van der Waals surface area contributed by atoms with Crippen LogP contribution in [-0.4, -0.2) is 77.4 Å². The number of likely N-dealkylation sites (tertiary alicyclic amines) is 2. The highest BCUT2D eigenvalue weighted by atomic mass is 16.2.